The number of nitrogens with one attached hydrogen (secondary N) is 2. The van der Waals surface area contributed by atoms with Gasteiger partial charge in [-0.05, 0) is 43.4 Å². The molecule has 1 aliphatic rings. The topological polar surface area (TPSA) is 70.6 Å². The van der Waals surface area contributed by atoms with Gasteiger partial charge in [-0.1, -0.05) is 48.5 Å². The number of nitrogens with zero attached hydrogens (tertiary/aromatic N) is 1. The number of amides is 2. The fraction of sp³-hybridized carbons (Fsp3) is 0.286. The molecule has 134 valence electrons. The average molecular weight is 349 g/mol. The second-order valence-electron chi connectivity index (χ2n) is 6.44. The fourth-order valence-electron chi connectivity index (χ4n) is 3.00. The number of rotatable bonds is 6. The zero-order chi connectivity index (χ0) is 18.2. The molecule has 1 atom stereocenters. The van der Waals surface area contributed by atoms with E-state index in [2.05, 4.69) is 15.8 Å². The van der Waals surface area contributed by atoms with Crippen LogP contribution in [0.5, 0.6) is 0 Å². The Labute approximate surface area is 153 Å². The molecule has 0 aromatic heterocycles. The molecule has 2 N–H and O–H groups in total. The first-order valence-corrected chi connectivity index (χ1v) is 8.97. The van der Waals surface area contributed by atoms with Crippen LogP contribution in [-0.4, -0.2) is 23.6 Å². The number of hydrogen-bond donors (Lipinski definition) is 2. The SMILES string of the molecule is O=C(NC(Cc1ccccc1)C(=O)NN=C1CCCC1)c1ccccc1. The highest BCUT2D eigenvalue weighted by atomic mass is 16.2. The van der Waals surface area contributed by atoms with Crippen molar-refractivity contribution in [3.05, 3.63) is 71.8 Å². The summed E-state index contributed by atoms with van der Waals surface area (Å²) in [5, 5.41) is 7.07. The van der Waals surface area contributed by atoms with Gasteiger partial charge in [0.05, 0.1) is 0 Å². The van der Waals surface area contributed by atoms with Gasteiger partial charge in [0.1, 0.15) is 6.04 Å². The molecule has 0 heterocycles. The van der Waals surface area contributed by atoms with Crippen molar-refractivity contribution in [2.45, 2.75) is 38.1 Å². The van der Waals surface area contributed by atoms with E-state index in [1.165, 1.54) is 0 Å². The fourth-order valence-corrected chi connectivity index (χ4v) is 3.00. The Hall–Kier alpha value is -2.95. The minimum atomic E-state index is -0.684. The van der Waals surface area contributed by atoms with E-state index in [0.29, 0.717) is 12.0 Å². The van der Waals surface area contributed by atoms with Gasteiger partial charge in [-0.3, -0.25) is 9.59 Å². The van der Waals surface area contributed by atoms with Crippen LogP contribution in [-0.2, 0) is 11.2 Å². The molecule has 1 fully saturated rings. The summed E-state index contributed by atoms with van der Waals surface area (Å²) in [4.78, 5) is 25.1. The monoisotopic (exact) mass is 349 g/mol. The molecule has 2 aromatic carbocycles. The summed E-state index contributed by atoms with van der Waals surface area (Å²) in [7, 11) is 0. The third-order valence-corrected chi connectivity index (χ3v) is 4.45. The Bertz CT molecular complexity index is 764. The maximum atomic E-state index is 12.6. The Morgan fingerprint density at radius 2 is 1.54 bits per heavy atom. The molecular formula is C21H23N3O2. The zero-order valence-electron chi connectivity index (χ0n) is 14.7. The normalized spacial score (nSPS) is 14.5. The van der Waals surface area contributed by atoms with Crippen LogP contribution < -0.4 is 10.7 Å². The molecule has 0 saturated heterocycles. The number of carbonyl (C=O) groups is 2. The van der Waals surface area contributed by atoms with E-state index in [-0.39, 0.29) is 11.8 Å². The predicted molar refractivity (Wildman–Crippen MR) is 102 cm³/mol. The average Bonchev–Trinajstić information content (AvgIpc) is 3.20. The van der Waals surface area contributed by atoms with E-state index in [1.807, 2.05) is 36.4 Å². The van der Waals surface area contributed by atoms with Crippen LogP contribution >= 0.6 is 0 Å². The van der Waals surface area contributed by atoms with Gasteiger partial charge < -0.3 is 5.32 Å². The lowest BCUT2D eigenvalue weighted by Gasteiger charge is -2.17. The number of benzene rings is 2. The number of hydrazone groups is 1. The molecule has 5 nitrogen and oxygen atoms in total. The molecule has 1 unspecified atom stereocenters. The molecule has 2 aromatic rings. The first-order valence-electron chi connectivity index (χ1n) is 8.97. The van der Waals surface area contributed by atoms with Crippen molar-refractivity contribution in [2.75, 3.05) is 0 Å². The van der Waals surface area contributed by atoms with Gasteiger partial charge in [-0.2, -0.15) is 5.10 Å². The summed E-state index contributed by atoms with van der Waals surface area (Å²) in [6.45, 7) is 0. The van der Waals surface area contributed by atoms with Crippen LogP contribution in [0.4, 0.5) is 0 Å². The van der Waals surface area contributed by atoms with Crippen LogP contribution in [0.2, 0.25) is 0 Å². The van der Waals surface area contributed by atoms with Crippen LogP contribution in [0, 0.1) is 0 Å². The minimum absolute atomic E-state index is 0.268. The van der Waals surface area contributed by atoms with Crippen molar-refractivity contribution in [3.63, 3.8) is 0 Å². The van der Waals surface area contributed by atoms with Gasteiger partial charge in [0.2, 0.25) is 0 Å². The van der Waals surface area contributed by atoms with E-state index in [0.717, 1.165) is 37.0 Å². The van der Waals surface area contributed by atoms with Crippen molar-refractivity contribution >= 4 is 17.5 Å². The van der Waals surface area contributed by atoms with Gasteiger partial charge in [0.15, 0.2) is 0 Å². The highest BCUT2D eigenvalue weighted by Crippen LogP contribution is 2.14. The lowest BCUT2D eigenvalue weighted by molar-refractivity contribution is -0.122. The summed E-state index contributed by atoms with van der Waals surface area (Å²) in [5.41, 5.74) is 5.16. The highest BCUT2D eigenvalue weighted by molar-refractivity contribution is 5.97. The second kappa shape index (κ2) is 8.94. The first kappa shape index (κ1) is 17.9. The van der Waals surface area contributed by atoms with Crippen LogP contribution in [0.15, 0.2) is 65.8 Å². The molecule has 1 saturated carbocycles. The van der Waals surface area contributed by atoms with E-state index in [9.17, 15) is 9.59 Å². The molecule has 5 heteroatoms. The molecule has 3 rings (SSSR count). The molecule has 0 radical (unpaired) electrons. The molecule has 2 amide bonds. The lowest BCUT2D eigenvalue weighted by atomic mass is 10.0. The first-order chi connectivity index (χ1) is 12.7. The van der Waals surface area contributed by atoms with E-state index < -0.39 is 6.04 Å². The van der Waals surface area contributed by atoms with Crippen LogP contribution in [0.1, 0.15) is 41.6 Å². The lowest BCUT2D eigenvalue weighted by Crippen LogP contribution is -2.47. The highest BCUT2D eigenvalue weighted by Gasteiger charge is 2.22. The maximum Gasteiger partial charge on any atom is 0.262 e. The van der Waals surface area contributed by atoms with Crippen molar-refractivity contribution in [2.24, 2.45) is 5.10 Å². The quantitative estimate of drug-likeness (QED) is 0.787. The summed E-state index contributed by atoms with van der Waals surface area (Å²) >= 11 is 0. The van der Waals surface area contributed by atoms with Crippen molar-refractivity contribution in [1.82, 2.24) is 10.7 Å². The third-order valence-electron chi connectivity index (χ3n) is 4.45. The number of hydrogen-bond acceptors (Lipinski definition) is 3. The van der Waals surface area contributed by atoms with Gasteiger partial charge >= 0.3 is 0 Å². The summed E-state index contributed by atoms with van der Waals surface area (Å²) in [6, 6.07) is 17.9. The Kier molecular flexibility index (Phi) is 6.14. The zero-order valence-corrected chi connectivity index (χ0v) is 14.7. The molecular weight excluding hydrogens is 326 g/mol. The van der Waals surface area contributed by atoms with Crippen molar-refractivity contribution in [1.29, 1.82) is 0 Å². The van der Waals surface area contributed by atoms with E-state index in [1.54, 1.807) is 24.3 Å². The smallest absolute Gasteiger partial charge is 0.262 e. The van der Waals surface area contributed by atoms with Crippen molar-refractivity contribution < 1.29 is 9.59 Å². The van der Waals surface area contributed by atoms with Crippen LogP contribution in [0.3, 0.4) is 0 Å². The second-order valence-corrected chi connectivity index (χ2v) is 6.44. The van der Waals surface area contributed by atoms with Crippen LogP contribution in [0.25, 0.3) is 0 Å². The van der Waals surface area contributed by atoms with Gasteiger partial charge in [0, 0.05) is 17.7 Å². The minimum Gasteiger partial charge on any atom is -0.340 e. The van der Waals surface area contributed by atoms with E-state index in [4.69, 9.17) is 0 Å². The Morgan fingerprint density at radius 3 is 2.19 bits per heavy atom. The summed E-state index contributed by atoms with van der Waals surface area (Å²) < 4.78 is 0. The molecule has 0 bridgehead atoms. The van der Waals surface area contributed by atoms with Gasteiger partial charge in [-0.25, -0.2) is 5.43 Å². The van der Waals surface area contributed by atoms with Gasteiger partial charge in [0.25, 0.3) is 11.8 Å². The number of carbonyl (C=O) groups excluding carboxylic acids is 2. The Morgan fingerprint density at radius 1 is 0.923 bits per heavy atom. The molecule has 1 aliphatic carbocycles. The van der Waals surface area contributed by atoms with Crippen molar-refractivity contribution in [3.8, 4) is 0 Å². The molecule has 26 heavy (non-hydrogen) atoms. The standard InChI is InChI=1S/C21H23N3O2/c25-20(17-11-5-2-6-12-17)22-19(15-16-9-3-1-4-10-16)21(26)24-23-18-13-7-8-14-18/h1-6,9-12,19H,7-8,13-15H2,(H,22,25)(H,24,26). The largest absolute Gasteiger partial charge is 0.340 e. The predicted octanol–water partition coefficient (Wildman–Crippen LogP) is 3.07. The van der Waals surface area contributed by atoms with E-state index >= 15 is 0 Å². The Balaban J connectivity index is 1.71. The summed E-state index contributed by atoms with van der Waals surface area (Å²) in [5.74, 6) is -0.562. The van der Waals surface area contributed by atoms with Gasteiger partial charge in [-0.15, -0.1) is 0 Å². The summed E-state index contributed by atoms with van der Waals surface area (Å²) in [6.07, 6.45) is 4.51. The molecule has 0 spiro atoms. The molecule has 0 aliphatic heterocycles. The third kappa shape index (κ3) is 5.02. The maximum absolute atomic E-state index is 12.6.